The van der Waals surface area contributed by atoms with E-state index in [0.29, 0.717) is 12.3 Å². The second-order valence-corrected chi connectivity index (χ2v) is 5.71. The lowest BCUT2D eigenvalue weighted by atomic mass is 9.67. The minimum Gasteiger partial charge on any atom is -0.390 e. The van der Waals surface area contributed by atoms with Crippen LogP contribution in [0.25, 0.3) is 0 Å². The minimum atomic E-state index is -0.671. The van der Waals surface area contributed by atoms with Crippen molar-refractivity contribution in [1.29, 1.82) is 0 Å². The molecule has 3 atom stereocenters. The van der Waals surface area contributed by atoms with Gasteiger partial charge >= 0.3 is 0 Å². The molecule has 0 bridgehead atoms. The van der Waals surface area contributed by atoms with Crippen LogP contribution < -0.4 is 0 Å². The van der Waals surface area contributed by atoms with E-state index >= 15 is 0 Å². The summed E-state index contributed by atoms with van der Waals surface area (Å²) in [4.78, 5) is 0. The van der Waals surface area contributed by atoms with Crippen LogP contribution >= 0.6 is 0 Å². The van der Waals surface area contributed by atoms with Gasteiger partial charge in [-0.3, -0.25) is 0 Å². The highest BCUT2D eigenvalue weighted by molar-refractivity contribution is 6.11. The zero-order chi connectivity index (χ0) is 12.8. The van der Waals surface area contributed by atoms with Crippen molar-refractivity contribution in [3.8, 4) is 0 Å². The molecule has 1 aliphatic heterocycles. The lowest BCUT2D eigenvalue weighted by Crippen LogP contribution is -2.42. The maximum atomic E-state index is 10.4. The Labute approximate surface area is 107 Å². The Balaban J connectivity index is 2.01. The van der Waals surface area contributed by atoms with Gasteiger partial charge in [0, 0.05) is 24.0 Å². The Hall–Kier alpha value is -1.48. The maximum Gasteiger partial charge on any atom is 0.0678 e. The second kappa shape index (κ2) is 4.02. The van der Waals surface area contributed by atoms with E-state index < -0.39 is 5.60 Å². The van der Waals surface area contributed by atoms with Gasteiger partial charge in [-0.15, -0.1) is 0 Å². The van der Waals surface area contributed by atoms with Crippen LogP contribution in [-0.4, -0.2) is 22.1 Å². The molecule has 0 amide bonds. The zero-order valence-corrected chi connectivity index (χ0v) is 10.8. The fraction of sp³-hybridized carbons (Fsp3) is 0.467. The Morgan fingerprint density at radius 1 is 1.22 bits per heavy atom. The molecule has 0 saturated heterocycles. The summed E-state index contributed by atoms with van der Waals surface area (Å²) in [5.41, 5.74) is 2.72. The van der Waals surface area contributed by atoms with Crippen molar-refractivity contribution in [2.24, 2.45) is 16.1 Å². The third-order valence-corrected chi connectivity index (χ3v) is 4.00. The van der Waals surface area contributed by atoms with Crippen molar-refractivity contribution < 1.29 is 5.11 Å². The van der Waals surface area contributed by atoms with Gasteiger partial charge < -0.3 is 5.11 Å². The van der Waals surface area contributed by atoms with Crippen molar-refractivity contribution in [3.05, 3.63) is 35.9 Å². The number of fused-ring (bicyclic) bond motifs is 1. The number of nitrogens with zero attached hydrogens (tertiary/aromatic N) is 2. The van der Waals surface area contributed by atoms with Gasteiger partial charge in [0.05, 0.1) is 11.3 Å². The molecule has 0 spiro atoms. The van der Waals surface area contributed by atoms with Crippen LogP contribution in [0.5, 0.6) is 0 Å². The van der Waals surface area contributed by atoms with Crippen molar-refractivity contribution >= 4 is 11.4 Å². The van der Waals surface area contributed by atoms with Gasteiger partial charge in [0.25, 0.3) is 0 Å². The average molecular weight is 242 g/mol. The molecule has 0 aromatic heterocycles. The molecule has 3 rings (SSSR count). The van der Waals surface area contributed by atoms with Crippen LogP contribution in [0.2, 0.25) is 0 Å². The van der Waals surface area contributed by atoms with Crippen molar-refractivity contribution in [2.45, 2.75) is 38.2 Å². The van der Waals surface area contributed by atoms with Crippen LogP contribution in [0.3, 0.4) is 0 Å². The first-order chi connectivity index (χ1) is 8.57. The Morgan fingerprint density at radius 2 is 1.94 bits per heavy atom. The smallest absolute Gasteiger partial charge is 0.0678 e. The van der Waals surface area contributed by atoms with Crippen molar-refractivity contribution in [1.82, 2.24) is 0 Å². The van der Waals surface area contributed by atoms with Crippen LogP contribution in [0, 0.1) is 5.92 Å². The van der Waals surface area contributed by atoms with E-state index in [0.717, 1.165) is 17.8 Å². The third kappa shape index (κ3) is 1.89. The van der Waals surface area contributed by atoms with Crippen LogP contribution in [0.1, 0.15) is 38.2 Å². The number of aliphatic hydroxyl groups is 1. The van der Waals surface area contributed by atoms with Gasteiger partial charge in [-0.2, -0.15) is 10.2 Å². The van der Waals surface area contributed by atoms with Crippen LogP contribution in [0.15, 0.2) is 40.5 Å². The first-order valence-corrected chi connectivity index (χ1v) is 6.45. The molecule has 1 N–H and O–H groups in total. The maximum absolute atomic E-state index is 10.4. The largest absolute Gasteiger partial charge is 0.390 e. The van der Waals surface area contributed by atoms with Crippen molar-refractivity contribution in [3.63, 3.8) is 0 Å². The number of hydrogen-bond donors (Lipinski definition) is 1. The highest BCUT2D eigenvalue weighted by Gasteiger charge is 2.44. The molecule has 1 aromatic carbocycles. The first kappa shape index (κ1) is 11.6. The van der Waals surface area contributed by atoms with Gasteiger partial charge in [0.2, 0.25) is 0 Å². The SMILES string of the molecule is CC1=NN=C2C[C@](C)(O)C[C@H](c3ccccc3)[C@@H]12. The second-order valence-electron chi connectivity index (χ2n) is 5.71. The van der Waals surface area contributed by atoms with E-state index in [4.69, 9.17) is 0 Å². The Bertz CT molecular complexity index is 517. The summed E-state index contributed by atoms with van der Waals surface area (Å²) < 4.78 is 0. The van der Waals surface area contributed by atoms with Crippen molar-refractivity contribution in [2.75, 3.05) is 0 Å². The van der Waals surface area contributed by atoms with Gasteiger partial charge in [-0.05, 0) is 25.8 Å². The molecule has 94 valence electrons. The van der Waals surface area contributed by atoms with Crippen LogP contribution in [0.4, 0.5) is 0 Å². The predicted molar refractivity (Wildman–Crippen MR) is 73.1 cm³/mol. The fourth-order valence-corrected chi connectivity index (χ4v) is 3.24. The topological polar surface area (TPSA) is 45.0 Å². The molecule has 1 aromatic rings. The normalized spacial score (nSPS) is 34.8. The molecule has 3 nitrogen and oxygen atoms in total. The predicted octanol–water partition coefficient (Wildman–Crippen LogP) is 2.76. The van der Waals surface area contributed by atoms with E-state index in [1.165, 1.54) is 5.56 Å². The van der Waals surface area contributed by atoms with E-state index in [-0.39, 0.29) is 5.92 Å². The summed E-state index contributed by atoms with van der Waals surface area (Å²) in [5.74, 6) is 0.576. The molecule has 18 heavy (non-hydrogen) atoms. The van der Waals surface area contributed by atoms with E-state index in [2.05, 4.69) is 34.5 Å². The molecular weight excluding hydrogens is 224 g/mol. The fourth-order valence-electron chi connectivity index (χ4n) is 3.24. The lowest BCUT2D eigenvalue weighted by Gasteiger charge is -2.38. The molecule has 0 unspecified atom stereocenters. The summed E-state index contributed by atoms with van der Waals surface area (Å²) >= 11 is 0. The van der Waals surface area contributed by atoms with Gasteiger partial charge in [0.1, 0.15) is 0 Å². The molecule has 1 saturated carbocycles. The average Bonchev–Trinajstić information content (AvgIpc) is 2.69. The summed E-state index contributed by atoms with van der Waals surface area (Å²) in [6, 6.07) is 10.4. The molecule has 1 fully saturated rings. The van der Waals surface area contributed by atoms with E-state index in [1.54, 1.807) is 0 Å². The quantitative estimate of drug-likeness (QED) is 0.808. The molecule has 1 aliphatic carbocycles. The standard InChI is InChI=1S/C15H18N2O/c1-10-14-12(11-6-4-3-5-7-11)8-15(2,18)9-13(14)17-16-10/h3-7,12,14,18H,8-9H2,1-2H3/t12-,14-,15-/m1/s1. The highest BCUT2D eigenvalue weighted by atomic mass is 16.3. The molecular formula is C15H18N2O. The van der Waals surface area contributed by atoms with Gasteiger partial charge in [-0.25, -0.2) is 0 Å². The Morgan fingerprint density at radius 3 is 2.67 bits per heavy atom. The third-order valence-electron chi connectivity index (χ3n) is 4.00. The summed E-state index contributed by atoms with van der Waals surface area (Å²) in [5, 5.41) is 18.9. The van der Waals surface area contributed by atoms with Crippen LogP contribution in [-0.2, 0) is 0 Å². The molecule has 3 heteroatoms. The highest BCUT2D eigenvalue weighted by Crippen LogP contribution is 2.43. The zero-order valence-electron chi connectivity index (χ0n) is 10.8. The van der Waals surface area contributed by atoms with E-state index in [9.17, 15) is 5.11 Å². The van der Waals surface area contributed by atoms with Gasteiger partial charge in [0.15, 0.2) is 0 Å². The first-order valence-electron chi connectivity index (χ1n) is 6.45. The summed E-state index contributed by atoms with van der Waals surface area (Å²) in [7, 11) is 0. The van der Waals surface area contributed by atoms with Gasteiger partial charge in [-0.1, -0.05) is 30.3 Å². The Kier molecular flexibility index (Phi) is 2.59. The lowest BCUT2D eigenvalue weighted by molar-refractivity contribution is 0.0401. The van der Waals surface area contributed by atoms with E-state index in [1.807, 2.05) is 19.9 Å². The summed E-state index contributed by atoms with van der Waals surface area (Å²) in [6.07, 6.45) is 1.41. The minimum absolute atomic E-state index is 0.285. The molecule has 2 aliphatic rings. The monoisotopic (exact) mass is 242 g/mol. The molecule has 0 radical (unpaired) electrons. The summed E-state index contributed by atoms with van der Waals surface area (Å²) in [6.45, 7) is 3.94. The molecule has 1 heterocycles. The number of benzene rings is 1. The number of rotatable bonds is 1. The number of hydrogen-bond acceptors (Lipinski definition) is 3.